The highest BCUT2D eigenvalue weighted by Gasteiger charge is 2.02. The Bertz CT molecular complexity index is 503. The molecular formula is C15H19N3. The number of benzene rings is 1. The van der Waals surface area contributed by atoms with Gasteiger partial charge in [-0.3, -0.25) is 4.98 Å². The van der Waals surface area contributed by atoms with E-state index in [4.69, 9.17) is 0 Å². The van der Waals surface area contributed by atoms with Crippen LogP contribution in [-0.4, -0.2) is 19.1 Å². The molecule has 1 aromatic carbocycles. The predicted molar refractivity (Wildman–Crippen MR) is 77.1 cm³/mol. The van der Waals surface area contributed by atoms with Gasteiger partial charge in [0.05, 0.1) is 11.4 Å². The van der Waals surface area contributed by atoms with Gasteiger partial charge in [-0.2, -0.15) is 0 Å². The van der Waals surface area contributed by atoms with E-state index in [0.29, 0.717) is 0 Å². The molecule has 18 heavy (non-hydrogen) atoms. The Labute approximate surface area is 108 Å². The normalized spacial score (nSPS) is 10.2. The summed E-state index contributed by atoms with van der Waals surface area (Å²) in [6.07, 6.45) is 1.92. The smallest absolute Gasteiger partial charge is 0.0596 e. The van der Waals surface area contributed by atoms with Crippen LogP contribution in [0.15, 0.2) is 42.6 Å². The Morgan fingerprint density at radius 3 is 2.56 bits per heavy atom. The summed E-state index contributed by atoms with van der Waals surface area (Å²) in [5.41, 5.74) is 4.57. The fourth-order valence-corrected chi connectivity index (χ4v) is 1.81. The topological polar surface area (TPSA) is 28.2 Å². The van der Waals surface area contributed by atoms with Crippen LogP contribution in [0.2, 0.25) is 0 Å². The van der Waals surface area contributed by atoms with E-state index in [2.05, 4.69) is 33.4 Å². The standard InChI is InChI=1S/C15H19N3/c1-12-8-9-13(10-16-12)11-17-14-6-4-5-7-15(14)18(2)3/h4-10,17H,11H2,1-3H3. The number of pyridine rings is 1. The van der Waals surface area contributed by atoms with E-state index in [1.54, 1.807) is 0 Å². The van der Waals surface area contributed by atoms with Crippen molar-refractivity contribution in [2.24, 2.45) is 0 Å². The van der Waals surface area contributed by atoms with Gasteiger partial charge < -0.3 is 10.2 Å². The molecular weight excluding hydrogens is 222 g/mol. The minimum Gasteiger partial charge on any atom is -0.379 e. The van der Waals surface area contributed by atoms with Crippen LogP contribution in [0, 0.1) is 6.92 Å². The average molecular weight is 241 g/mol. The van der Waals surface area contributed by atoms with Crippen LogP contribution in [0.4, 0.5) is 11.4 Å². The van der Waals surface area contributed by atoms with E-state index in [9.17, 15) is 0 Å². The largest absolute Gasteiger partial charge is 0.379 e. The summed E-state index contributed by atoms with van der Waals surface area (Å²) >= 11 is 0. The summed E-state index contributed by atoms with van der Waals surface area (Å²) in [6, 6.07) is 12.4. The lowest BCUT2D eigenvalue weighted by molar-refractivity contribution is 1.07. The quantitative estimate of drug-likeness (QED) is 0.891. The maximum Gasteiger partial charge on any atom is 0.0596 e. The number of aryl methyl sites for hydroxylation is 1. The highest BCUT2D eigenvalue weighted by Crippen LogP contribution is 2.23. The van der Waals surface area contributed by atoms with Crippen LogP contribution in [0.1, 0.15) is 11.3 Å². The van der Waals surface area contributed by atoms with Crippen molar-refractivity contribution in [2.45, 2.75) is 13.5 Å². The third-order valence-corrected chi connectivity index (χ3v) is 2.84. The molecule has 1 heterocycles. The summed E-state index contributed by atoms with van der Waals surface area (Å²) in [7, 11) is 4.10. The molecule has 2 rings (SSSR count). The Morgan fingerprint density at radius 2 is 1.89 bits per heavy atom. The number of hydrogen-bond donors (Lipinski definition) is 1. The van der Waals surface area contributed by atoms with Crippen molar-refractivity contribution in [2.75, 3.05) is 24.3 Å². The maximum atomic E-state index is 4.30. The molecule has 1 N–H and O–H groups in total. The zero-order valence-electron chi connectivity index (χ0n) is 11.1. The van der Waals surface area contributed by atoms with Gasteiger partial charge in [-0.05, 0) is 30.7 Å². The van der Waals surface area contributed by atoms with E-state index in [-0.39, 0.29) is 0 Å². The van der Waals surface area contributed by atoms with Crippen LogP contribution >= 0.6 is 0 Å². The minimum atomic E-state index is 0.790. The molecule has 0 amide bonds. The molecule has 0 bridgehead atoms. The molecule has 0 aliphatic carbocycles. The van der Waals surface area contributed by atoms with E-state index >= 15 is 0 Å². The van der Waals surface area contributed by atoms with Gasteiger partial charge in [0.1, 0.15) is 0 Å². The summed E-state index contributed by atoms with van der Waals surface area (Å²) in [5, 5.41) is 3.45. The van der Waals surface area contributed by atoms with Gasteiger partial charge >= 0.3 is 0 Å². The second kappa shape index (κ2) is 5.54. The Hall–Kier alpha value is -2.03. The number of nitrogens with one attached hydrogen (secondary N) is 1. The zero-order valence-corrected chi connectivity index (χ0v) is 11.1. The van der Waals surface area contributed by atoms with Crippen LogP contribution in [0.25, 0.3) is 0 Å². The van der Waals surface area contributed by atoms with Crippen molar-refractivity contribution >= 4 is 11.4 Å². The van der Waals surface area contributed by atoms with E-state index in [1.807, 2.05) is 45.4 Å². The van der Waals surface area contributed by atoms with Crippen molar-refractivity contribution in [1.29, 1.82) is 0 Å². The Morgan fingerprint density at radius 1 is 1.11 bits per heavy atom. The second-order valence-electron chi connectivity index (χ2n) is 4.57. The summed E-state index contributed by atoms with van der Waals surface area (Å²) < 4.78 is 0. The van der Waals surface area contributed by atoms with Gasteiger partial charge in [0.25, 0.3) is 0 Å². The number of nitrogens with zero attached hydrogens (tertiary/aromatic N) is 2. The van der Waals surface area contributed by atoms with Gasteiger partial charge in [-0.1, -0.05) is 18.2 Å². The third kappa shape index (κ3) is 3.00. The van der Waals surface area contributed by atoms with Crippen molar-refractivity contribution in [1.82, 2.24) is 4.98 Å². The van der Waals surface area contributed by atoms with Crippen molar-refractivity contribution in [3.63, 3.8) is 0 Å². The van der Waals surface area contributed by atoms with Gasteiger partial charge in [-0.15, -0.1) is 0 Å². The number of rotatable bonds is 4. The molecule has 0 unspecified atom stereocenters. The second-order valence-corrected chi connectivity index (χ2v) is 4.57. The minimum absolute atomic E-state index is 0.790. The highest BCUT2D eigenvalue weighted by atomic mass is 15.1. The molecule has 94 valence electrons. The lowest BCUT2D eigenvalue weighted by Gasteiger charge is -2.18. The summed E-state index contributed by atoms with van der Waals surface area (Å²) in [4.78, 5) is 6.41. The first-order valence-corrected chi connectivity index (χ1v) is 6.08. The van der Waals surface area contributed by atoms with Crippen molar-refractivity contribution in [3.8, 4) is 0 Å². The molecule has 0 saturated carbocycles. The fourth-order valence-electron chi connectivity index (χ4n) is 1.81. The van der Waals surface area contributed by atoms with Gasteiger partial charge in [0.2, 0.25) is 0 Å². The summed E-state index contributed by atoms with van der Waals surface area (Å²) in [5.74, 6) is 0. The molecule has 0 aliphatic heterocycles. The Kier molecular flexibility index (Phi) is 3.82. The fraction of sp³-hybridized carbons (Fsp3) is 0.267. The molecule has 0 spiro atoms. The molecule has 2 aromatic rings. The van der Waals surface area contributed by atoms with E-state index in [1.165, 1.54) is 11.3 Å². The first-order chi connectivity index (χ1) is 8.66. The van der Waals surface area contributed by atoms with Crippen molar-refractivity contribution < 1.29 is 0 Å². The van der Waals surface area contributed by atoms with Crippen molar-refractivity contribution in [3.05, 3.63) is 53.9 Å². The van der Waals surface area contributed by atoms with Gasteiger partial charge in [0.15, 0.2) is 0 Å². The van der Waals surface area contributed by atoms with Crippen LogP contribution in [-0.2, 0) is 6.54 Å². The molecule has 3 heteroatoms. The molecule has 0 fully saturated rings. The SMILES string of the molecule is Cc1ccc(CNc2ccccc2N(C)C)cn1. The highest BCUT2D eigenvalue weighted by molar-refractivity contribution is 5.69. The molecule has 0 atom stereocenters. The van der Waals surface area contributed by atoms with Crippen LogP contribution < -0.4 is 10.2 Å². The Balaban J connectivity index is 2.08. The van der Waals surface area contributed by atoms with E-state index < -0.39 is 0 Å². The van der Waals surface area contributed by atoms with Gasteiger partial charge in [-0.25, -0.2) is 0 Å². The maximum absolute atomic E-state index is 4.30. The zero-order chi connectivity index (χ0) is 13.0. The number of anilines is 2. The molecule has 0 radical (unpaired) electrons. The number of para-hydroxylation sites is 2. The summed E-state index contributed by atoms with van der Waals surface area (Å²) in [6.45, 7) is 2.79. The molecule has 1 aromatic heterocycles. The van der Waals surface area contributed by atoms with Crippen LogP contribution in [0.5, 0.6) is 0 Å². The lowest BCUT2D eigenvalue weighted by Crippen LogP contribution is -2.12. The third-order valence-electron chi connectivity index (χ3n) is 2.84. The lowest BCUT2D eigenvalue weighted by atomic mass is 10.2. The monoisotopic (exact) mass is 241 g/mol. The first-order valence-electron chi connectivity index (χ1n) is 6.08. The number of aromatic nitrogens is 1. The average Bonchev–Trinajstić information content (AvgIpc) is 2.38. The number of hydrogen-bond acceptors (Lipinski definition) is 3. The predicted octanol–water partition coefficient (Wildman–Crippen LogP) is 3.07. The molecule has 3 nitrogen and oxygen atoms in total. The molecule has 0 aliphatic rings. The molecule has 0 saturated heterocycles. The van der Waals surface area contributed by atoms with E-state index in [0.717, 1.165) is 17.9 Å². The first kappa shape index (κ1) is 12.4. The van der Waals surface area contributed by atoms with Gasteiger partial charge in [0, 0.05) is 32.5 Å². The van der Waals surface area contributed by atoms with Crippen LogP contribution in [0.3, 0.4) is 0 Å².